The highest BCUT2D eigenvalue weighted by atomic mass is 32.1. The van der Waals surface area contributed by atoms with Crippen LogP contribution in [0.25, 0.3) is 0 Å². The van der Waals surface area contributed by atoms with Crippen molar-refractivity contribution in [3.63, 3.8) is 0 Å². The first-order valence-electron chi connectivity index (χ1n) is 8.57. The Bertz CT molecular complexity index is 639. The molecule has 132 valence electrons. The summed E-state index contributed by atoms with van der Waals surface area (Å²) in [5, 5.41) is 3.97. The zero-order valence-corrected chi connectivity index (χ0v) is 15.4. The summed E-state index contributed by atoms with van der Waals surface area (Å²) in [5.41, 5.74) is -0.226. The Labute approximate surface area is 146 Å². The molecule has 7 heteroatoms. The van der Waals surface area contributed by atoms with Gasteiger partial charge in [-0.2, -0.15) is 0 Å². The Balaban J connectivity index is 1.69. The fourth-order valence-electron chi connectivity index (χ4n) is 3.46. The van der Waals surface area contributed by atoms with Gasteiger partial charge in [-0.1, -0.05) is 12.8 Å². The third kappa shape index (κ3) is 3.47. The number of carbonyl (C=O) groups excluding carboxylic acids is 2. The largest absolute Gasteiger partial charge is 0.362 e. The van der Waals surface area contributed by atoms with Crippen molar-refractivity contribution in [2.45, 2.75) is 58.1 Å². The van der Waals surface area contributed by atoms with E-state index in [2.05, 4.69) is 10.3 Å². The average molecular weight is 351 g/mol. The van der Waals surface area contributed by atoms with Gasteiger partial charge in [0.25, 0.3) is 11.8 Å². The van der Waals surface area contributed by atoms with Crippen LogP contribution in [0, 0.1) is 13.8 Å². The van der Waals surface area contributed by atoms with Crippen LogP contribution in [0.4, 0.5) is 0 Å². The fraction of sp³-hybridized carbons (Fsp3) is 0.706. The van der Waals surface area contributed by atoms with Crippen LogP contribution in [0.1, 0.15) is 53.0 Å². The minimum absolute atomic E-state index is 0.0544. The summed E-state index contributed by atoms with van der Waals surface area (Å²) in [6.07, 6.45) is 4.39. The van der Waals surface area contributed by atoms with Crippen molar-refractivity contribution in [1.82, 2.24) is 15.2 Å². The number of nitrogens with zero attached hydrogens (tertiary/aromatic N) is 2. The van der Waals surface area contributed by atoms with Gasteiger partial charge in [-0.25, -0.2) is 4.98 Å². The molecule has 24 heavy (non-hydrogen) atoms. The van der Waals surface area contributed by atoms with E-state index in [0.29, 0.717) is 18.0 Å². The molecule has 1 aromatic rings. The molecule has 0 radical (unpaired) electrons. The van der Waals surface area contributed by atoms with Crippen molar-refractivity contribution in [3.8, 4) is 0 Å². The van der Waals surface area contributed by atoms with E-state index < -0.39 is 5.60 Å². The Hall–Kier alpha value is -1.47. The molecule has 1 aliphatic carbocycles. The molecule has 2 amide bonds. The van der Waals surface area contributed by atoms with E-state index in [1.165, 1.54) is 11.3 Å². The minimum atomic E-state index is -0.982. The number of aryl methyl sites for hydroxylation is 2. The van der Waals surface area contributed by atoms with Crippen LogP contribution in [0.2, 0.25) is 0 Å². The lowest BCUT2D eigenvalue weighted by molar-refractivity contribution is -0.154. The van der Waals surface area contributed by atoms with Gasteiger partial charge in [0, 0.05) is 12.6 Å². The number of hydrogen-bond acceptors (Lipinski definition) is 5. The first-order chi connectivity index (χ1) is 11.4. The highest BCUT2D eigenvalue weighted by Crippen LogP contribution is 2.25. The van der Waals surface area contributed by atoms with E-state index in [9.17, 15) is 9.59 Å². The average Bonchev–Trinajstić information content (AvgIpc) is 3.16. The van der Waals surface area contributed by atoms with Crippen LogP contribution in [0.3, 0.4) is 0 Å². The quantitative estimate of drug-likeness (QED) is 0.905. The number of nitrogens with one attached hydrogen (secondary N) is 1. The van der Waals surface area contributed by atoms with Gasteiger partial charge in [0.15, 0.2) is 5.60 Å². The lowest BCUT2D eigenvalue weighted by atomic mass is 10.0. The summed E-state index contributed by atoms with van der Waals surface area (Å²) >= 11 is 1.41. The van der Waals surface area contributed by atoms with Gasteiger partial charge in [-0.05, 0) is 33.6 Å². The fourth-order valence-corrected chi connectivity index (χ4v) is 4.35. The van der Waals surface area contributed by atoms with Crippen LogP contribution in [0.15, 0.2) is 0 Å². The van der Waals surface area contributed by atoms with Crippen LogP contribution in [-0.4, -0.2) is 53.0 Å². The summed E-state index contributed by atoms with van der Waals surface area (Å²) in [5.74, 6) is -0.162. The summed E-state index contributed by atoms with van der Waals surface area (Å²) in [6, 6.07) is 0.246. The highest BCUT2D eigenvalue weighted by Gasteiger charge is 2.42. The lowest BCUT2D eigenvalue weighted by Crippen LogP contribution is -2.60. The molecule has 1 aromatic heterocycles. The summed E-state index contributed by atoms with van der Waals surface area (Å²) in [7, 11) is 0. The first-order valence-corrected chi connectivity index (χ1v) is 9.39. The number of aromatic nitrogens is 1. The minimum Gasteiger partial charge on any atom is -0.362 e. The maximum atomic E-state index is 12.8. The molecule has 6 nitrogen and oxygen atoms in total. The maximum Gasteiger partial charge on any atom is 0.266 e. The van der Waals surface area contributed by atoms with Gasteiger partial charge in [0.05, 0.1) is 23.9 Å². The van der Waals surface area contributed by atoms with Gasteiger partial charge in [0.1, 0.15) is 4.88 Å². The number of carbonyl (C=O) groups is 2. The Morgan fingerprint density at radius 3 is 2.67 bits per heavy atom. The van der Waals surface area contributed by atoms with Crippen molar-refractivity contribution in [3.05, 3.63) is 15.6 Å². The molecule has 1 N–H and O–H groups in total. The predicted octanol–water partition coefficient (Wildman–Crippen LogP) is 2.05. The van der Waals surface area contributed by atoms with E-state index in [0.717, 1.165) is 36.4 Å². The van der Waals surface area contributed by atoms with E-state index in [4.69, 9.17) is 4.74 Å². The van der Waals surface area contributed by atoms with Gasteiger partial charge in [-0.15, -0.1) is 11.3 Å². The molecule has 3 rings (SSSR count). The van der Waals surface area contributed by atoms with Crippen molar-refractivity contribution < 1.29 is 14.3 Å². The standard InChI is InChI=1S/C17H25N3O3S/c1-11-14(24-12(2)18-11)15(21)20-8-9-23-17(3,10-20)16(22)19-13-6-4-5-7-13/h13H,4-10H2,1-3H3,(H,19,22). The highest BCUT2D eigenvalue weighted by molar-refractivity contribution is 7.13. The Morgan fingerprint density at radius 2 is 2.04 bits per heavy atom. The third-order valence-electron chi connectivity index (χ3n) is 4.83. The second-order valence-electron chi connectivity index (χ2n) is 6.91. The van der Waals surface area contributed by atoms with Gasteiger partial charge in [-0.3, -0.25) is 9.59 Å². The summed E-state index contributed by atoms with van der Waals surface area (Å²) in [6.45, 7) is 6.68. The van der Waals surface area contributed by atoms with Crippen LogP contribution in [-0.2, 0) is 9.53 Å². The monoisotopic (exact) mass is 351 g/mol. The van der Waals surface area contributed by atoms with Crippen LogP contribution < -0.4 is 5.32 Å². The number of ether oxygens (including phenoxy) is 1. The molecule has 1 saturated carbocycles. The molecule has 0 bridgehead atoms. The smallest absolute Gasteiger partial charge is 0.266 e. The van der Waals surface area contributed by atoms with Crippen molar-refractivity contribution in [2.24, 2.45) is 0 Å². The first kappa shape index (κ1) is 17.4. The second kappa shape index (κ2) is 6.80. The molecule has 0 aromatic carbocycles. The summed E-state index contributed by atoms with van der Waals surface area (Å²) < 4.78 is 5.77. The van der Waals surface area contributed by atoms with Crippen LogP contribution >= 0.6 is 11.3 Å². The number of amides is 2. The van der Waals surface area contributed by atoms with Crippen molar-refractivity contribution in [2.75, 3.05) is 19.7 Å². The number of thiazole rings is 1. The van der Waals surface area contributed by atoms with Gasteiger partial charge >= 0.3 is 0 Å². The Morgan fingerprint density at radius 1 is 1.33 bits per heavy atom. The van der Waals surface area contributed by atoms with Gasteiger partial charge in [0.2, 0.25) is 0 Å². The summed E-state index contributed by atoms with van der Waals surface area (Å²) in [4.78, 5) is 32.2. The molecule has 1 aliphatic heterocycles. The van der Waals surface area contributed by atoms with E-state index in [1.54, 1.807) is 11.8 Å². The number of hydrogen-bond donors (Lipinski definition) is 1. The van der Waals surface area contributed by atoms with Gasteiger partial charge < -0.3 is 15.0 Å². The normalized spacial score (nSPS) is 25.0. The van der Waals surface area contributed by atoms with Crippen molar-refractivity contribution in [1.29, 1.82) is 0 Å². The molecule has 2 aliphatic rings. The molecule has 2 fully saturated rings. The lowest BCUT2D eigenvalue weighted by Gasteiger charge is -2.39. The number of morpholine rings is 1. The molecular formula is C17H25N3O3S. The second-order valence-corrected chi connectivity index (χ2v) is 8.11. The third-order valence-corrected chi connectivity index (χ3v) is 5.89. The van der Waals surface area contributed by atoms with E-state index in [1.807, 2.05) is 13.8 Å². The van der Waals surface area contributed by atoms with Crippen LogP contribution in [0.5, 0.6) is 0 Å². The molecule has 1 saturated heterocycles. The predicted molar refractivity (Wildman–Crippen MR) is 92.2 cm³/mol. The molecule has 1 atom stereocenters. The topological polar surface area (TPSA) is 71.5 Å². The van der Waals surface area contributed by atoms with Crippen molar-refractivity contribution >= 4 is 23.2 Å². The molecule has 1 unspecified atom stereocenters. The van der Waals surface area contributed by atoms with E-state index in [-0.39, 0.29) is 24.4 Å². The molecule has 2 heterocycles. The zero-order chi connectivity index (χ0) is 17.3. The zero-order valence-electron chi connectivity index (χ0n) is 14.6. The maximum absolute atomic E-state index is 12.8. The molecule has 0 spiro atoms. The Kier molecular flexibility index (Phi) is 4.92. The van der Waals surface area contributed by atoms with E-state index >= 15 is 0 Å². The number of rotatable bonds is 3. The SMILES string of the molecule is Cc1nc(C)c(C(=O)N2CCOC(C)(C(=O)NC3CCCC3)C2)s1. The molecular weight excluding hydrogens is 326 g/mol.